The number of aromatic nitrogens is 2. The number of amides is 1. The lowest BCUT2D eigenvalue weighted by atomic mass is 9.85. The highest BCUT2D eigenvalue weighted by Crippen LogP contribution is 2.34. The first kappa shape index (κ1) is 27.0. The number of benzene rings is 1. The lowest BCUT2D eigenvalue weighted by Gasteiger charge is -2.37. The van der Waals surface area contributed by atoms with Crippen LogP contribution in [0.3, 0.4) is 0 Å². The van der Waals surface area contributed by atoms with E-state index in [9.17, 15) is 4.79 Å². The van der Waals surface area contributed by atoms with Gasteiger partial charge in [-0.05, 0) is 83.2 Å². The fraction of sp³-hybridized carbons (Fsp3) is 0.519. The van der Waals surface area contributed by atoms with Crippen molar-refractivity contribution in [3.05, 3.63) is 51.8 Å². The van der Waals surface area contributed by atoms with Gasteiger partial charge in [0.2, 0.25) is 11.9 Å². The smallest absolute Gasteiger partial charge is 0.242 e. The van der Waals surface area contributed by atoms with Crippen molar-refractivity contribution in [2.45, 2.75) is 65.1 Å². The number of aryl methyl sites for hydroxylation is 3. The van der Waals surface area contributed by atoms with Crippen LogP contribution in [0.5, 0.6) is 0 Å². The zero-order chi connectivity index (χ0) is 26.9. The molecular weight excluding hydrogens is 488 g/mol. The highest BCUT2D eigenvalue weighted by molar-refractivity contribution is 6.30. The quantitative estimate of drug-likeness (QED) is 0.448. The van der Waals surface area contributed by atoms with Crippen molar-refractivity contribution in [1.29, 1.82) is 0 Å². The topological polar surface area (TPSA) is 101 Å². The molecule has 10 heteroatoms. The molecule has 0 spiro atoms. The Kier molecular flexibility index (Phi) is 7.85. The lowest BCUT2D eigenvalue weighted by molar-refractivity contribution is -0.138. The number of nitrogens with zero attached hydrogens (tertiary/aromatic N) is 4. The number of piperidine rings is 1. The molecule has 1 aromatic carbocycles. The Bertz CT molecular complexity index is 1210. The molecule has 0 aliphatic carbocycles. The summed E-state index contributed by atoms with van der Waals surface area (Å²) in [6.45, 7) is 11.7. The van der Waals surface area contributed by atoms with Gasteiger partial charge in [-0.15, -0.1) is 0 Å². The van der Waals surface area contributed by atoms with Gasteiger partial charge in [-0.3, -0.25) is 9.89 Å². The lowest BCUT2D eigenvalue weighted by Crippen LogP contribution is -2.54. The summed E-state index contributed by atoms with van der Waals surface area (Å²) in [4.78, 5) is 21.3. The van der Waals surface area contributed by atoms with E-state index in [4.69, 9.17) is 11.6 Å². The molecule has 4 rings (SSSR count). The third-order valence-electron chi connectivity index (χ3n) is 7.52. The van der Waals surface area contributed by atoms with E-state index in [-0.39, 0.29) is 12.1 Å². The summed E-state index contributed by atoms with van der Waals surface area (Å²) in [5.74, 6) is 2.03. The maximum atomic E-state index is 12.8. The van der Waals surface area contributed by atoms with Crippen molar-refractivity contribution in [3.63, 3.8) is 0 Å². The van der Waals surface area contributed by atoms with Gasteiger partial charge in [0, 0.05) is 43.8 Å². The molecular formula is C27H39ClN8O. The number of aromatic amines is 1. The zero-order valence-corrected chi connectivity index (χ0v) is 23.6. The van der Waals surface area contributed by atoms with Gasteiger partial charge in [0.15, 0.2) is 0 Å². The number of carbonyl (C=O) groups excluding carboxylic acids is 1. The molecule has 4 N–H and O–H groups in total. The summed E-state index contributed by atoms with van der Waals surface area (Å²) in [5, 5.41) is 17.8. The molecule has 3 heterocycles. The van der Waals surface area contributed by atoms with Gasteiger partial charge in [-0.25, -0.2) is 4.99 Å². The number of likely N-dealkylation sites (N-methyl/N-ethyl adjacent to an activating group) is 2. The molecule has 1 unspecified atom stereocenters. The third kappa shape index (κ3) is 5.78. The van der Waals surface area contributed by atoms with Crippen molar-refractivity contribution in [3.8, 4) is 0 Å². The second-order valence-electron chi connectivity index (χ2n) is 10.7. The molecule has 0 radical (unpaired) electrons. The van der Waals surface area contributed by atoms with Crippen LogP contribution in [0.25, 0.3) is 0 Å². The Balaban J connectivity index is 1.44. The van der Waals surface area contributed by atoms with Crippen LogP contribution in [-0.4, -0.2) is 70.8 Å². The fourth-order valence-corrected chi connectivity index (χ4v) is 5.19. The zero-order valence-electron chi connectivity index (χ0n) is 22.9. The summed E-state index contributed by atoms with van der Waals surface area (Å²) in [6, 6.07) is 6.42. The summed E-state index contributed by atoms with van der Waals surface area (Å²) in [6.07, 6.45) is 3.32. The second kappa shape index (κ2) is 10.8. The van der Waals surface area contributed by atoms with E-state index in [1.807, 2.05) is 50.7 Å². The molecule has 0 saturated carbocycles. The Morgan fingerprint density at radius 1 is 1.14 bits per heavy atom. The van der Waals surface area contributed by atoms with Crippen LogP contribution in [0.2, 0.25) is 0 Å². The molecule has 0 bridgehead atoms. The van der Waals surface area contributed by atoms with Crippen LogP contribution in [0.15, 0.2) is 34.4 Å². The number of rotatable bonds is 6. The number of guanidine groups is 1. The van der Waals surface area contributed by atoms with Crippen LogP contribution in [0, 0.1) is 20.8 Å². The number of likely N-dealkylation sites (tertiary alicyclic amines) is 1. The summed E-state index contributed by atoms with van der Waals surface area (Å²) in [7, 11) is 3.78. The first-order valence-electron chi connectivity index (χ1n) is 12.8. The molecule has 1 saturated heterocycles. The number of aliphatic imine (C=N–C) groups is 1. The predicted molar refractivity (Wildman–Crippen MR) is 151 cm³/mol. The SMILES string of the molecule is CNC(C)(C)C(=O)N1CCC(c2cc(C)c(NC3=NC=C(Cl)C(Nc4cc(C)[nH]n4)N3C)cc2C)CC1. The van der Waals surface area contributed by atoms with E-state index in [0.717, 1.165) is 48.7 Å². The average Bonchev–Trinajstić information content (AvgIpc) is 3.29. The predicted octanol–water partition coefficient (Wildman–Crippen LogP) is 4.27. The molecule has 2 aromatic rings. The van der Waals surface area contributed by atoms with E-state index in [1.165, 1.54) is 11.1 Å². The Morgan fingerprint density at radius 2 is 1.84 bits per heavy atom. The third-order valence-corrected chi connectivity index (χ3v) is 7.83. The number of anilines is 2. The Morgan fingerprint density at radius 3 is 2.46 bits per heavy atom. The van der Waals surface area contributed by atoms with Crippen LogP contribution >= 0.6 is 11.6 Å². The van der Waals surface area contributed by atoms with Gasteiger partial charge in [-0.1, -0.05) is 17.7 Å². The van der Waals surface area contributed by atoms with Gasteiger partial charge >= 0.3 is 0 Å². The van der Waals surface area contributed by atoms with Crippen LogP contribution in [0.1, 0.15) is 55.0 Å². The van der Waals surface area contributed by atoms with Crippen LogP contribution < -0.4 is 16.0 Å². The standard InChI is InChI=1S/C27H39ClN8O/c1-16-13-22(31-26-30-15-21(28)24(35(26)7)32-23-14-18(3)33-34-23)17(2)12-20(16)19-8-10-36(11-9-19)25(37)27(4,5)29-6/h12-15,19,24,29H,8-11H2,1-7H3,(H,30,31)(H2,32,33,34). The van der Waals surface area contributed by atoms with Gasteiger partial charge in [-0.2, -0.15) is 5.10 Å². The van der Waals surface area contributed by atoms with Crippen molar-refractivity contribution >= 4 is 35.0 Å². The number of halogens is 1. The van der Waals surface area contributed by atoms with Crippen molar-refractivity contribution < 1.29 is 4.79 Å². The van der Waals surface area contributed by atoms with Crippen molar-refractivity contribution in [1.82, 2.24) is 25.3 Å². The minimum Gasteiger partial charge on any atom is -0.344 e. The van der Waals surface area contributed by atoms with Gasteiger partial charge in [0.1, 0.15) is 12.0 Å². The van der Waals surface area contributed by atoms with Crippen molar-refractivity contribution in [2.75, 3.05) is 37.8 Å². The highest BCUT2D eigenvalue weighted by Gasteiger charge is 2.33. The molecule has 1 aromatic heterocycles. The van der Waals surface area contributed by atoms with Crippen molar-refractivity contribution in [2.24, 2.45) is 4.99 Å². The molecule has 2 aliphatic rings. The fourth-order valence-electron chi connectivity index (χ4n) is 4.94. The minimum absolute atomic E-state index is 0.169. The van der Waals surface area contributed by atoms with E-state index < -0.39 is 5.54 Å². The number of hydrogen-bond donors (Lipinski definition) is 4. The molecule has 9 nitrogen and oxygen atoms in total. The van der Waals surface area contributed by atoms with E-state index in [0.29, 0.717) is 16.9 Å². The maximum absolute atomic E-state index is 12.8. The molecule has 2 aliphatic heterocycles. The minimum atomic E-state index is -0.535. The van der Waals surface area contributed by atoms with E-state index >= 15 is 0 Å². The molecule has 1 amide bonds. The normalized spacial score (nSPS) is 19.0. The monoisotopic (exact) mass is 526 g/mol. The largest absolute Gasteiger partial charge is 0.344 e. The van der Waals surface area contributed by atoms with E-state index in [2.05, 4.69) is 57.1 Å². The first-order chi connectivity index (χ1) is 17.5. The molecule has 200 valence electrons. The second-order valence-corrected chi connectivity index (χ2v) is 11.1. The summed E-state index contributed by atoms with van der Waals surface area (Å²) >= 11 is 6.48. The summed E-state index contributed by atoms with van der Waals surface area (Å²) in [5.41, 5.74) is 5.20. The van der Waals surface area contributed by atoms with Crippen LogP contribution in [0.4, 0.5) is 11.5 Å². The molecule has 1 fully saturated rings. The van der Waals surface area contributed by atoms with E-state index in [1.54, 1.807) is 6.20 Å². The van der Waals surface area contributed by atoms with Crippen LogP contribution in [-0.2, 0) is 4.79 Å². The van der Waals surface area contributed by atoms with Gasteiger partial charge in [0.25, 0.3) is 0 Å². The first-order valence-corrected chi connectivity index (χ1v) is 13.2. The number of carbonyl (C=O) groups is 1. The number of nitrogens with one attached hydrogen (secondary N) is 4. The van der Waals surface area contributed by atoms with Gasteiger partial charge < -0.3 is 25.8 Å². The molecule has 1 atom stereocenters. The number of H-pyrrole nitrogens is 1. The van der Waals surface area contributed by atoms with Gasteiger partial charge in [0.05, 0.1) is 10.6 Å². The number of hydrogen-bond acceptors (Lipinski definition) is 7. The Hall–Kier alpha value is -3.04. The molecule has 37 heavy (non-hydrogen) atoms. The summed E-state index contributed by atoms with van der Waals surface area (Å²) < 4.78 is 0. The Labute approximate surface area is 224 Å². The highest BCUT2D eigenvalue weighted by atomic mass is 35.5. The average molecular weight is 527 g/mol. The maximum Gasteiger partial charge on any atom is 0.242 e.